The summed E-state index contributed by atoms with van der Waals surface area (Å²) in [5.74, 6) is 0. The van der Waals surface area contributed by atoms with E-state index in [4.69, 9.17) is 0 Å². The minimum atomic E-state index is 0.547. The molecule has 0 aliphatic heterocycles. The zero-order chi connectivity index (χ0) is 11.4. The van der Waals surface area contributed by atoms with E-state index in [9.17, 15) is 4.79 Å². The van der Waals surface area contributed by atoms with Gasteiger partial charge in [0.1, 0.15) is 0 Å². The molecule has 0 amide bonds. The molecule has 16 heavy (non-hydrogen) atoms. The third kappa shape index (κ3) is 2.46. The summed E-state index contributed by atoms with van der Waals surface area (Å²) in [5, 5.41) is 3.16. The lowest BCUT2D eigenvalue weighted by atomic mass is 10.2. The van der Waals surface area contributed by atoms with Gasteiger partial charge in [0.05, 0.1) is 11.3 Å². The molecule has 1 N–H and O–H groups in total. The zero-order valence-electron chi connectivity index (χ0n) is 8.35. The second kappa shape index (κ2) is 4.90. The van der Waals surface area contributed by atoms with Crippen LogP contribution in [0.4, 0.5) is 11.4 Å². The first-order chi connectivity index (χ1) is 7.79. The van der Waals surface area contributed by atoms with E-state index in [0.29, 0.717) is 5.56 Å². The lowest BCUT2D eigenvalue weighted by Gasteiger charge is -2.07. The zero-order valence-corrected chi connectivity index (χ0v) is 9.94. The summed E-state index contributed by atoms with van der Waals surface area (Å²) in [6.45, 7) is 0. The van der Waals surface area contributed by atoms with Gasteiger partial charge >= 0.3 is 0 Å². The van der Waals surface area contributed by atoms with Gasteiger partial charge in [-0.2, -0.15) is 0 Å². The Labute approximate surface area is 102 Å². The molecule has 0 atom stereocenters. The van der Waals surface area contributed by atoms with Gasteiger partial charge in [0.2, 0.25) is 0 Å². The van der Waals surface area contributed by atoms with E-state index in [1.54, 1.807) is 12.3 Å². The van der Waals surface area contributed by atoms with Crippen LogP contribution in [0.1, 0.15) is 10.4 Å². The Morgan fingerprint density at radius 1 is 1.19 bits per heavy atom. The van der Waals surface area contributed by atoms with Gasteiger partial charge in [-0.05, 0) is 30.3 Å². The lowest BCUT2D eigenvalue weighted by molar-refractivity contribution is 0.112. The molecule has 80 valence electrons. The van der Waals surface area contributed by atoms with Gasteiger partial charge < -0.3 is 5.32 Å². The fourth-order valence-corrected chi connectivity index (χ4v) is 1.57. The maximum absolute atomic E-state index is 10.8. The van der Waals surface area contributed by atoms with Crippen LogP contribution in [0.3, 0.4) is 0 Å². The molecule has 0 radical (unpaired) electrons. The molecule has 1 aromatic heterocycles. The van der Waals surface area contributed by atoms with Crippen LogP contribution >= 0.6 is 15.9 Å². The number of hydrogen-bond acceptors (Lipinski definition) is 3. The minimum Gasteiger partial charge on any atom is -0.355 e. The summed E-state index contributed by atoms with van der Waals surface area (Å²) in [6.07, 6.45) is 3.97. The van der Waals surface area contributed by atoms with Gasteiger partial charge in [-0.15, -0.1) is 0 Å². The minimum absolute atomic E-state index is 0.547. The quantitative estimate of drug-likeness (QED) is 0.874. The predicted octanol–water partition coefficient (Wildman–Crippen LogP) is 3.40. The Morgan fingerprint density at radius 2 is 1.94 bits per heavy atom. The maximum atomic E-state index is 10.8. The lowest BCUT2D eigenvalue weighted by Crippen LogP contribution is -1.95. The number of nitrogens with one attached hydrogen (secondary N) is 1. The van der Waals surface area contributed by atoms with Crippen LogP contribution in [0, 0.1) is 0 Å². The molecule has 0 aliphatic rings. The highest BCUT2D eigenvalue weighted by Crippen LogP contribution is 2.20. The number of carbonyl (C=O) groups excluding carboxylic acids is 1. The number of aldehydes is 1. The molecule has 2 aromatic rings. The molecule has 0 aliphatic carbocycles. The molecule has 1 aromatic carbocycles. The highest BCUT2D eigenvalue weighted by molar-refractivity contribution is 9.10. The summed E-state index contributed by atoms with van der Waals surface area (Å²) in [4.78, 5) is 14.7. The van der Waals surface area contributed by atoms with Crippen molar-refractivity contribution in [2.75, 3.05) is 5.32 Å². The molecule has 0 saturated carbocycles. The number of anilines is 2. The number of nitrogens with zero attached hydrogens (tertiary/aromatic N) is 1. The normalized spacial score (nSPS) is 9.81. The summed E-state index contributed by atoms with van der Waals surface area (Å²) < 4.78 is 1.02. The van der Waals surface area contributed by atoms with E-state index < -0.39 is 0 Å². The van der Waals surface area contributed by atoms with E-state index in [0.717, 1.165) is 22.1 Å². The van der Waals surface area contributed by atoms with Gasteiger partial charge in [-0.25, -0.2) is 0 Å². The Hall–Kier alpha value is -1.68. The Morgan fingerprint density at radius 3 is 2.62 bits per heavy atom. The molecule has 0 saturated heterocycles. The third-order valence-corrected chi connectivity index (χ3v) is 2.63. The fraction of sp³-hybridized carbons (Fsp3) is 0. The highest BCUT2D eigenvalue weighted by atomic mass is 79.9. The summed E-state index contributed by atoms with van der Waals surface area (Å²) in [5.41, 5.74) is 2.23. The van der Waals surface area contributed by atoms with Crippen molar-refractivity contribution < 1.29 is 4.79 Å². The second-order valence-corrected chi connectivity index (χ2v) is 4.13. The Bertz CT molecular complexity index is 497. The Balaban J connectivity index is 2.26. The smallest absolute Gasteiger partial charge is 0.153 e. The van der Waals surface area contributed by atoms with Gasteiger partial charge in [-0.3, -0.25) is 9.78 Å². The number of aromatic nitrogens is 1. The molecule has 2 rings (SSSR count). The molecule has 0 bridgehead atoms. The van der Waals surface area contributed by atoms with Crippen LogP contribution in [-0.4, -0.2) is 11.3 Å². The van der Waals surface area contributed by atoms with Gasteiger partial charge in [0.15, 0.2) is 6.29 Å². The predicted molar refractivity (Wildman–Crippen MR) is 67.0 cm³/mol. The van der Waals surface area contributed by atoms with Gasteiger partial charge in [0, 0.05) is 22.6 Å². The molecule has 0 unspecified atom stereocenters. The average molecular weight is 277 g/mol. The van der Waals surface area contributed by atoms with E-state index >= 15 is 0 Å². The van der Waals surface area contributed by atoms with Crippen molar-refractivity contribution in [2.24, 2.45) is 0 Å². The van der Waals surface area contributed by atoms with Crippen molar-refractivity contribution >= 4 is 33.6 Å². The number of hydrogen-bond donors (Lipinski definition) is 1. The van der Waals surface area contributed by atoms with Gasteiger partial charge in [-0.1, -0.05) is 15.9 Å². The van der Waals surface area contributed by atoms with Crippen molar-refractivity contribution in [3.8, 4) is 0 Å². The molecule has 4 heteroatoms. The Kier molecular flexibility index (Phi) is 3.31. The number of rotatable bonds is 3. The fourth-order valence-electron chi connectivity index (χ4n) is 1.30. The first-order valence-corrected chi connectivity index (χ1v) is 5.50. The summed E-state index contributed by atoms with van der Waals surface area (Å²) in [7, 11) is 0. The van der Waals surface area contributed by atoms with E-state index in [2.05, 4.69) is 26.2 Å². The third-order valence-electron chi connectivity index (χ3n) is 2.10. The molecular formula is C12H9BrN2O. The second-order valence-electron chi connectivity index (χ2n) is 3.21. The number of carbonyl (C=O) groups is 1. The van der Waals surface area contributed by atoms with Crippen molar-refractivity contribution in [3.63, 3.8) is 0 Å². The number of pyridine rings is 1. The largest absolute Gasteiger partial charge is 0.355 e. The van der Waals surface area contributed by atoms with Crippen molar-refractivity contribution in [1.29, 1.82) is 0 Å². The van der Waals surface area contributed by atoms with Crippen molar-refractivity contribution in [3.05, 3.63) is 52.8 Å². The molecular weight excluding hydrogens is 268 g/mol. The van der Waals surface area contributed by atoms with Crippen molar-refractivity contribution in [2.45, 2.75) is 0 Å². The maximum Gasteiger partial charge on any atom is 0.153 e. The monoisotopic (exact) mass is 276 g/mol. The van der Waals surface area contributed by atoms with Crippen LogP contribution in [0.15, 0.2) is 47.2 Å². The topological polar surface area (TPSA) is 42.0 Å². The number of benzene rings is 1. The van der Waals surface area contributed by atoms with Crippen LogP contribution in [0.2, 0.25) is 0 Å². The van der Waals surface area contributed by atoms with Crippen LogP contribution < -0.4 is 5.32 Å². The standard InChI is InChI=1S/C12H9BrN2O/c13-10-1-3-11(4-2-10)15-12-5-6-14-7-9(12)8-16/h1-8H,(H,14,15). The van der Waals surface area contributed by atoms with E-state index in [1.807, 2.05) is 24.3 Å². The van der Waals surface area contributed by atoms with Crippen LogP contribution in [-0.2, 0) is 0 Å². The van der Waals surface area contributed by atoms with Gasteiger partial charge in [0.25, 0.3) is 0 Å². The number of halogens is 1. The molecule has 3 nitrogen and oxygen atoms in total. The van der Waals surface area contributed by atoms with E-state index in [1.165, 1.54) is 6.20 Å². The average Bonchev–Trinajstić information content (AvgIpc) is 2.33. The first-order valence-electron chi connectivity index (χ1n) is 4.71. The van der Waals surface area contributed by atoms with Crippen LogP contribution in [0.25, 0.3) is 0 Å². The van der Waals surface area contributed by atoms with Crippen molar-refractivity contribution in [1.82, 2.24) is 4.98 Å². The van der Waals surface area contributed by atoms with Crippen LogP contribution in [0.5, 0.6) is 0 Å². The van der Waals surface area contributed by atoms with E-state index in [-0.39, 0.29) is 0 Å². The SMILES string of the molecule is O=Cc1cnccc1Nc1ccc(Br)cc1. The summed E-state index contributed by atoms with van der Waals surface area (Å²) >= 11 is 3.37. The first kappa shape index (κ1) is 10.8. The highest BCUT2D eigenvalue weighted by Gasteiger charge is 2.00. The molecule has 0 spiro atoms. The summed E-state index contributed by atoms with van der Waals surface area (Å²) in [6, 6.07) is 9.50. The molecule has 1 heterocycles. The molecule has 0 fully saturated rings.